The van der Waals surface area contributed by atoms with Gasteiger partial charge in [-0.1, -0.05) is 44.2 Å². The van der Waals surface area contributed by atoms with Gasteiger partial charge in [0.25, 0.3) is 0 Å². The van der Waals surface area contributed by atoms with E-state index < -0.39 is 0 Å². The summed E-state index contributed by atoms with van der Waals surface area (Å²) in [4.78, 5) is 11.8. The van der Waals surface area contributed by atoms with Crippen LogP contribution in [0.3, 0.4) is 0 Å². The normalized spacial score (nSPS) is 26.0. The van der Waals surface area contributed by atoms with Gasteiger partial charge in [-0.15, -0.1) is 0 Å². The van der Waals surface area contributed by atoms with E-state index >= 15 is 0 Å². The summed E-state index contributed by atoms with van der Waals surface area (Å²) in [6.45, 7) is 4.00. The molecule has 114 valence electrons. The average Bonchev–Trinajstić information content (AvgIpc) is 3.30. The maximum Gasteiger partial charge on any atom is 0.412 e. The van der Waals surface area contributed by atoms with E-state index in [1.54, 1.807) is 0 Å². The Morgan fingerprint density at radius 2 is 2.10 bits per heavy atom. The van der Waals surface area contributed by atoms with Crippen LogP contribution in [0.5, 0.6) is 0 Å². The predicted octanol–water partition coefficient (Wildman–Crippen LogP) is 4.64. The maximum atomic E-state index is 11.8. The Bertz CT molecular complexity index is 485. The zero-order chi connectivity index (χ0) is 15.1. The highest BCUT2D eigenvalue weighted by Crippen LogP contribution is 2.39. The largest absolute Gasteiger partial charge is 0.415 e. The molecule has 2 unspecified atom stereocenters. The van der Waals surface area contributed by atoms with E-state index in [0.29, 0.717) is 5.92 Å². The molecule has 3 nitrogen and oxygen atoms in total. The van der Waals surface area contributed by atoms with Crippen LogP contribution in [0.25, 0.3) is 0 Å². The molecule has 1 saturated carbocycles. The van der Waals surface area contributed by atoms with Gasteiger partial charge in [-0.05, 0) is 37.3 Å². The molecule has 21 heavy (non-hydrogen) atoms. The van der Waals surface area contributed by atoms with Gasteiger partial charge in [-0.25, -0.2) is 4.79 Å². The minimum atomic E-state index is -0.311. The molecule has 0 aromatic heterocycles. The van der Waals surface area contributed by atoms with Gasteiger partial charge in [0, 0.05) is 18.4 Å². The summed E-state index contributed by atoms with van der Waals surface area (Å²) in [6.07, 6.45) is 17.3. The zero-order valence-electron chi connectivity index (χ0n) is 13.0. The van der Waals surface area contributed by atoms with E-state index in [-0.39, 0.29) is 12.1 Å². The van der Waals surface area contributed by atoms with Crippen molar-refractivity contribution in [1.82, 2.24) is 5.32 Å². The van der Waals surface area contributed by atoms with Crippen LogP contribution in [-0.2, 0) is 4.74 Å². The molecule has 0 bridgehead atoms. The zero-order valence-corrected chi connectivity index (χ0v) is 13.0. The van der Waals surface area contributed by atoms with Crippen molar-refractivity contribution < 1.29 is 9.53 Å². The highest BCUT2D eigenvalue weighted by molar-refractivity contribution is 5.69. The molecule has 0 radical (unpaired) electrons. The Hall–Kier alpha value is -1.77. The van der Waals surface area contributed by atoms with Gasteiger partial charge in [0.15, 0.2) is 0 Å². The molecule has 3 heteroatoms. The van der Waals surface area contributed by atoms with Crippen LogP contribution in [0.2, 0.25) is 0 Å². The van der Waals surface area contributed by atoms with E-state index in [2.05, 4.69) is 29.6 Å². The Labute approximate surface area is 127 Å². The third kappa shape index (κ3) is 4.62. The molecule has 3 aliphatic carbocycles. The molecule has 2 atom stereocenters. The van der Waals surface area contributed by atoms with Gasteiger partial charge >= 0.3 is 6.09 Å². The van der Waals surface area contributed by atoms with Crippen molar-refractivity contribution >= 4 is 6.09 Å². The van der Waals surface area contributed by atoms with E-state index in [1.807, 2.05) is 26.0 Å². The van der Waals surface area contributed by atoms with Gasteiger partial charge in [0.1, 0.15) is 5.76 Å². The summed E-state index contributed by atoms with van der Waals surface area (Å²) < 4.78 is 5.30. The monoisotopic (exact) mass is 287 g/mol. The van der Waals surface area contributed by atoms with Gasteiger partial charge in [-0.2, -0.15) is 0 Å². The lowest BCUT2D eigenvalue weighted by molar-refractivity contribution is 0.171. The molecule has 3 rings (SSSR count). The molecule has 0 aromatic rings. The van der Waals surface area contributed by atoms with Crippen molar-refractivity contribution in [3.05, 3.63) is 47.8 Å². The summed E-state index contributed by atoms with van der Waals surface area (Å²) in [5.74, 6) is 1.25. The fourth-order valence-corrected chi connectivity index (χ4v) is 2.60. The third-order valence-electron chi connectivity index (χ3n) is 3.74. The lowest BCUT2D eigenvalue weighted by Gasteiger charge is -2.11. The molecule has 1 fully saturated rings. The van der Waals surface area contributed by atoms with Crippen molar-refractivity contribution in [2.24, 2.45) is 5.92 Å². The quantitative estimate of drug-likeness (QED) is 0.821. The van der Waals surface area contributed by atoms with Crippen LogP contribution in [0.15, 0.2) is 47.8 Å². The SMILES string of the molecule is CC.O=C(NC1CC1C1=CCCC=C1)OC1=CC=CCC1. The first-order valence-electron chi connectivity index (χ1n) is 8.03. The second-order valence-corrected chi connectivity index (χ2v) is 5.27. The Morgan fingerprint density at radius 1 is 1.24 bits per heavy atom. The molecule has 0 aromatic carbocycles. The van der Waals surface area contributed by atoms with Gasteiger partial charge in [0.05, 0.1) is 0 Å². The summed E-state index contributed by atoms with van der Waals surface area (Å²) in [7, 11) is 0. The number of carbonyl (C=O) groups is 1. The molecule has 0 spiro atoms. The molecular weight excluding hydrogens is 262 g/mol. The molecule has 0 aliphatic heterocycles. The standard InChI is InChI=1S/C16H19NO2.C2H6/c18-16(19-13-9-5-2-6-10-13)17-15-11-14(15)12-7-3-1-4-8-12;1-2/h2-3,5,7-9,14-15H,1,4,6,10-11H2,(H,17,18);1-2H3. The summed E-state index contributed by atoms with van der Waals surface area (Å²) in [6, 6.07) is 0.251. The maximum absolute atomic E-state index is 11.8. The first-order valence-corrected chi connectivity index (χ1v) is 8.03. The molecule has 0 saturated heterocycles. The van der Waals surface area contributed by atoms with Crippen LogP contribution < -0.4 is 5.32 Å². The Morgan fingerprint density at radius 3 is 2.76 bits per heavy atom. The van der Waals surface area contributed by atoms with Crippen LogP contribution >= 0.6 is 0 Å². The number of rotatable bonds is 3. The number of alkyl carbamates (subject to hydrolysis) is 1. The highest BCUT2D eigenvalue weighted by atomic mass is 16.6. The average molecular weight is 287 g/mol. The Kier molecular flexibility index (Phi) is 5.85. The molecule has 0 heterocycles. The number of nitrogens with one attached hydrogen (secondary N) is 1. The van der Waals surface area contributed by atoms with Crippen molar-refractivity contribution in [2.45, 2.75) is 52.0 Å². The summed E-state index contributed by atoms with van der Waals surface area (Å²) in [5.41, 5.74) is 1.37. The number of ether oxygens (including phenoxy) is 1. The van der Waals surface area contributed by atoms with Gasteiger partial charge in [0.2, 0.25) is 0 Å². The fraction of sp³-hybridized carbons (Fsp3) is 0.500. The predicted molar refractivity (Wildman–Crippen MR) is 85.8 cm³/mol. The number of hydrogen-bond acceptors (Lipinski definition) is 2. The molecule has 1 N–H and O–H groups in total. The van der Waals surface area contributed by atoms with Gasteiger partial charge < -0.3 is 10.1 Å². The number of amides is 1. The van der Waals surface area contributed by atoms with Crippen LogP contribution in [0.4, 0.5) is 4.79 Å². The molecular formula is C18H25NO2. The highest BCUT2D eigenvalue weighted by Gasteiger charge is 2.40. The minimum absolute atomic E-state index is 0.251. The first kappa shape index (κ1) is 15.6. The number of carbonyl (C=O) groups excluding carboxylic acids is 1. The first-order chi connectivity index (χ1) is 10.3. The van der Waals surface area contributed by atoms with E-state index in [1.165, 1.54) is 5.57 Å². The number of hydrogen-bond donors (Lipinski definition) is 1. The molecule has 3 aliphatic rings. The van der Waals surface area contributed by atoms with Crippen LogP contribution in [0.1, 0.15) is 46.0 Å². The van der Waals surface area contributed by atoms with Crippen molar-refractivity contribution in [1.29, 1.82) is 0 Å². The second kappa shape index (κ2) is 7.87. The van der Waals surface area contributed by atoms with E-state index in [9.17, 15) is 4.79 Å². The van der Waals surface area contributed by atoms with Crippen LogP contribution in [0, 0.1) is 5.92 Å². The fourth-order valence-electron chi connectivity index (χ4n) is 2.60. The van der Waals surface area contributed by atoms with Crippen molar-refractivity contribution in [2.75, 3.05) is 0 Å². The summed E-state index contributed by atoms with van der Waals surface area (Å²) in [5, 5.41) is 2.95. The third-order valence-corrected chi connectivity index (χ3v) is 3.74. The lowest BCUT2D eigenvalue weighted by Crippen LogP contribution is -2.27. The Balaban J connectivity index is 0.000000774. The van der Waals surface area contributed by atoms with Crippen LogP contribution in [-0.4, -0.2) is 12.1 Å². The van der Waals surface area contributed by atoms with Crippen molar-refractivity contribution in [3.63, 3.8) is 0 Å². The van der Waals surface area contributed by atoms with E-state index in [4.69, 9.17) is 4.74 Å². The topological polar surface area (TPSA) is 38.3 Å². The van der Waals surface area contributed by atoms with Crippen molar-refractivity contribution in [3.8, 4) is 0 Å². The van der Waals surface area contributed by atoms with E-state index in [0.717, 1.165) is 37.9 Å². The second-order valence-electron chi connectivity index (χ2n) is 5.27. The number of allylic oxidation sites excluding steroid dienone is 7. The lowest BCUT2D eigenvalue weighted by atomic mass is 10.0. The molecule has 1 amide bonds. The summed E-state index contributed by atoms with van der Waals surface area (Å²) >= 11 is 0. The smallest absolute Gasteiger partial charge is 0.412 e. The van der Waals surface area contributed by atoms with Gasteiger partial charge in [-0.3, -0.25) is 0 Å². The minimum Gasteiger partial charge on any atom is -0.415 e.